The average Bonchev–Trinajstić information content (AvgIpc) is 2.66. The molecule has 0 unspecified atom stereocenters. The normalized spacial score (nSPS) is 10.3. The number of methoxy groups -OCH3 is 1. The van der Waals surface area contributed by atoms with Gasteiger partial charge < -0.3 is 10.5 Å². The van der Waals surface area contributed by atoms with Crippen LogP contribution in [-0.4, -0.2) is 21.9 Å². The number of ether oxygens (including phenoxy) is 1. The van der Waals surface area contributed by atoms with Gasteiger partial charge in [-0.05, 0) is 18.2 Å². The third kappa shape index (κ3) is 1.76. The molecule has 0 atom stereocenters. The minimum atomic E-state index is 0.609. The molecule has 15 heavy (non-hydrogen) atoms. The topological polar surface area (TPSA) is 66.0 Å². The van der Waals surface area contributed by atoms with Crippen molar-refractivity contribution in [2.75, 3.05) is 12.8 Å². The summed E-state index contributed by atoms with van der Waals surface area (Å²) < 4.78 is 6.78. The quantitative estimate of drug-likeness (QED) is 0.743. The molecule has 0 aliphatic rings. The number of rotatable bonds is 2. The van der Waals surface area contributed by atoms with E-state index < -0.39 is 0 Å². The van der Waals surface area contributed by atoms with Crippen molar-refractivity contribution in [1.82, 2.24) is 14.8 Å². The Hall–Kier alpha value is -2.04. The molecule has 0 saturated carbocycles. The Morgan fingerprint density at radius 3 is 2.80 bits per heavy atom. The van der Waals surface area contributed by atoms with Gasteiger partial charge in [0.05, 0.1) is 12.8 Å². The van der Waals surface area contributed by atoms with E-state index in [9.17, 15) is 0 Å². The molecule has 0 amide bonds. The maximum atomic E-state index is 5.71. The molecule has 1 aromatic carbocycles. The molecule has 0 saturated heterocycles. The predicted molar refractivity (Wildman–Crippen MR) is 57.4 cm³/mol. The van der Waals surface area contributed by atoms with Gasteiger partial charge in [-0.2, -0.15) is 5.10 Å². The number of hydrogen-bond donors (Lipinski definition) is 1. The van der Waals surface area contributed by atoms with Gasteiger partial charge in [0.2, 0.25) is 0 Å². The lowest BCUT2D eigenvalue weighted by atomic mass is 10.2. The van der Waals surface area contributed by atoms with Gasteiger partial charge >= 0.3 is 0 Å². The summed E-state index contributed by atoms with van der Waals surface area (Å²) in [7, 11) is 3.41. The maximum absolute atomic E-state index is 5.71. The average molecular weight is 204 g/mol. The van der Waals surface area contributed by atoms with Gasteiger partial charge in [-0.3, -0.25) is 4.68 Å². The van der Waals surface area contributed by atoms with Gasteiger partial charge in [-0.25, -0.2) is 4.98 Å². The third-order valence-corrected chi connectivity index (χ3v) is 2.09. The van der Waals surface area contributed by atoms with E-state index in [4.69, 9.17) is 10.5 Å². The Bertz CT molecular complexity index is 478. The fourth-order valence-corrected chi connectivity index (χ4v) is 1.32. The monoisotopic (exact) mass is 204 g/mol. The summed E-state index contributed by atoms with van der Waals surface area (Å²) in [4.78, 5) is 4.15. The molecule has 0 aliphatic carbocycles. The Morgan fingerprint density at radius 2 is 2.20 bits per heavy atom. The van der Waals surface area contributed by atoms with Crippen LogP contribution in [0.25, 0.3) is 11.4 Å². The van der Waals surface area contributed by atoms with Crippen LogP contribution in [0.4, 0.5) is 5.69 Å². The van der Waals surface area contributed by atoms with Crippen molar-refractivity contribution in [3.63, 3.8) is 0 Å². The first-order valence-corrected chi connectivity index (χ1v) is 4.50. The van der Waals surface area contributed by atoms with Crippen LogP contribution in [0, 0.1) is 0 Å². The van der Waals surface area contributed by atoms with Gasteiger partial charge in [0.25, 0.3) is 0 Å². The van der Waals surface area contributed by atoms with Crippen molar-refractivity contribution in [3.8, 4) is 17.1 Å². The van der Waals surface area contributed by atoms with E-state index in [0.29, 0.717) is 17.3 Å². The first-order valence-electron chi connectivity index (χ1n) is 4.50. The van der Waals surface area contributed by atoms with Crippen molar-refractivity contribution in [2.45, 2.75) is 0 Å². The van der Waals surface area contributed by atoms with Crippen molar-refractivity contribution in [1.29, 1.82) is 0 Å². The summed E-state index contributed by atoms with van der Waals surface area (Å²) in [6.07, 6.45) is 1.65. The molecule has 0 bridgehead atoms. The fourth-order valence-electron chi connectivity index (χ4n) is 1.32. The zero-order chi connectivity index (χ0) is 10.8. The number of nitrogens with zero attached hydrogens (tertiary/aromatic N) is 3. The van der Waals surface area contributed by atoms with Crippen LogP contribution in [0.2, 0.25) is 0 Å². The molecule has 78 valence electrons. The van der Waals surface area contributed by atoms with Crippen LogP contribution in [0.5, 0.6) is 5.75 Å². The zero-order valence-corrected chi connectivity index (χ0v) is 8.64. The maximum Gasteiger partial charge on any atom is 0.181 e. The van der Waals surface area contributed by atoms with Crippen molar-refractivity contribution in [3.05, 3.63) is 24.5 Å². The molecule has 1 aromatic heterocycles. The highest BCUT2D eigenvalue weighted by Gasteiger charge is 2.06. The van der Waals surface area contributed by atoms with Crippen molar-refractivity contribution >= 4 is 5.69 Å². The molecule has 5 heteroatoms. The van der Waals surface area contributed by atoms with E-state index in [2.05, 4.69) is 10.1 Å². The zero-order valence-electron chi connectivity index (χ0n) is 8.64. The predicted octanol–water partition coefficient (Wildman–Crippen LogP) is 1.07. The van der Waals surface area contributed by atoms with E-state index >= 15 is 0 Å². The first-order chi connectivity index (χ1) is 7.20. The second-order valence-electron chi connectivity index (χ2n) is 3.20. The van der Waals surface area contributed by atoms with Crippen LogP contribution in [0.3, 0.4) is 0 Å². The van der Waals surface area contributed by atoms with Gasteiger partial charge in [0, 0.05) is 12.6 Å². The van der Waals surface area contributed by atoms with Crippen LogP contribution < -0.4 is 10.5 Å². The lowest BCUT2D eigenvalue weighted by molar-refractivity contribution is 0.417. The molecule has 0 fully saturated rings. The summed E-state index contributed by atoms with van der Waals surface area (Å²) in [5.41, 5.74) is 7.21. The van der Waals surface area contributed by atoms with Crippen LogP contribution in [0.1, 0.15) is 0 Å². The standard InChI is InChI=1S/C10H12N4O/c1-14-6-12-10(13-14)7-3-4-8(11)9(5-7)15-2/h3-6H,11H2,1-2H3. The van der Waals surface area contributed by atoms with E-state index in [1.54, 1.807) is 24.2 Å². The van der Waals surface area contributed by atoms with Crippen molar-refractivity contribution < 1.29 is 4.74 Å². The SMILES string of the molecule is COc1cc(-c2ncn(C)n2)ccc1N. The third-order valence-electron chi connectivity index (χ3n) is 2.09. The molecule has 0 radical (unpaired) electrons. The van der Waals surface area contributed by atoms with Crippen LogP contribution >= 0.6 is 0 Å². The highest BCUT2D eigenvalue weighted by Crippen LogP contribution is 2.26. The van der Waals surface area contributed by atoms with Crippen LogP contribution in [0.15, 0.2) is 24.5 Å². The lowest BCUT2D eigenvalue weighted by Crippen LogP contribution is -1.93. The van der Waals surface area contributed by atoms with E-state index in [0.717, 1.165) is 5.56 Å². The number of nitrogens with two attached hydrogens (primary N) is 1. The molecule has 2 rings (SSSR count). The second kappa shape index (κ2) is 3.61. The highest BCUT2D eigenvalue weighted by atomic mass is 16.5. The molecule has 1 heterocycles. The number of anilines is 1. The van der Waals surface area contributed by atoms with E-state index in [-0.39, 0.29) is 0 Å². The molecule has 2 aromatic rings. The summed E-state index contributed by atoms with van der Waals surface area (Å²) in [6.45, 7) is 0. The van der Waals surface area contributed by atoms with Crippen LogP contribution in [-0.2, 0) is 7.05 Å². The van der Waals surface area contributed by atoms with Gasteiger partial charge in [0.1, 0.15) is 12.1 Å². The Labute approximate surface area is 87.5 Å². The van der Waals surface area contributed by atoms with E-state index in [1.807, 2.05) is 19.2 Å². The number of nitrogen functional groups attached to an aromatic ring is 1. The minimum Gasteiger partial charge on any atom is -0.495 e. The minimum absolute atomic E-state index is 0.609. The largest absolute Gasteiger partial charge is 0.495 e. The lowest BCUT2D eigenvalue weighted by Gasteiger charge is -2.04. The fraction of sp³-hybridized carbons (Fsp3) is 0.200. The molecule has 2 N–H and O–H groups in total. The number of aryl methyl sites for hydroxylation is 1. The summed E-state index contributed by atoms with van der Waals surface area (Å²) >= 11 is 0. The first kappa shape index (κ1) is 9.51. The highest BCUT2D eigenvalue weighted by molar-refractivity contribution is 5.65. The molecular formula is C10H12N4O. The molecular weight excluding hydrogens is 192 g/mol. The summed E-state index contributed by atoms with van der Waals surface area (Å²) in [5.74, 6) is 1.30. The van der Waals surface area contributed by atoms with E-state index in [1.165, 1.54) is 0 Å². The second-order valence-corrected chi connectivity index (χ2v) is 3.20. The summed E-state index contributed by atoms with van der Waals surface area (Å²) in [6, 6.07) is 5.47. The van der Waals surface area contributed by atoms with Gasteiger partial charge in [-0.1, -0.05) is 0 Å². The molecule has 0 aliphatic heterocycles. The Morgan fingerprint density at radius 1 is 1.40 bits per heavy atom. The number of aromatic nitrogens is 3. The molecule has 5 nitrogen and oxygen atoms in total. The van der Waals surface area contributed by atoms with Gasteiger partial charge in [0.15, 0.2) is 5.82 Å². The number of benzene rings is 1. The smallest absolute Gasteiger partial charge is 0.181 e. The Balaban J connectivity index is 2.45. The Kier molecular flexibility index (Phi) is 2.29. The van der Waals surface area contributed by atoms with Gasteiger partial charge in [-0.15, -0.1) is 0 Å². The summed E-state index contributed by atoms with van der Waals surface area (Å²) in [5, 5.41) is 4.20. The van der Waals surface area contributed by atoms with Crippen molar-refractivity contribution in [2.24, 2.45) is 7.05 Å². The molecule has 0 spiro atoms. The number of hydrogen-bond acceptors (Lipinski definition) is 4.